The maximum Gasteiger partial charge on any atom is 0.435 e. The quantitative estimate of drug-likeness (QED) is 0.353. The van der Waals surface area contributed by atoms with Gasteiger partial charge in [0.25, 0.3) is 0 Å². The van der Waals surface area contributed by atoms with Crippen molar-refractivity contribution in [3.05, 3.63) is 17.2 Å². The standard InChI is InChI=1S/C18H30F4N2/c1-5-7-9-11-13-17(3,12-10-8-6-2)14-15(18(20,21)22)23-24(4)16(14)19/h5-13H2,1-4H3. The van der Waals surface area contributed by atoms with Gasteiger partial charge in [-0.2, -0.15) is 22.7 Å². The van der Waals surface area contributed by atoms with Gasteiger partial charge in [0.15, 0.2) is 5.69 Å². The highest BCUT2D eigenvalue weighted by molar-refractivity contribution is 5.30. The van der Waals surface area contributed by atoms with E-state index in [1.165, 1.54) is 7.05 Å². The van der Waals surface area contributed by atoms with Crippen molar-refractivity contribution in [3.63, 3.8) is 0 Å². The Morgan fingerprint density at radius 2 is 1.42 bits per heavy atom. The van der Waals surface area contributed by atoms with Gasteiger partial charge in [-0.3, -0.25) is 0 Å². The molecule has 0 spiro atoms. The van der Waals surface area contributed by atoms with Crippen LogP contribution in [0.4, 0.5) is 17.6 Å². The van der Waals surface area contributed by atoms with Crippen molar-refractivity contribution in [2.45, 2.75) is 90.1 Å². The summed E-state index contributed by atoms with van der Waals surface area (Å²) in [5.41, 5.74) is -2.13. The Morgan fingerprint density at radius 3 is 1.92 bits per heavy atom. The molecule has 1 aromatic rings. The number of halogens is 4. The summed E-state index contributed by atoms with van der Waals surface area (Å²) >= 11 is 0. The third-order valence-corrected chi connectivity index (χ3v) is 4.76. The van der Waals surface area contributed by atoms with Crippen LogP contribution in [0.1, 0.15) is 89.8 Å². The predicted molar refractivity (Wildman–Crippen MR) is 88.4 cm³/mol. The summed E-state index contributed by atoms with van der Waals surface area (Å²) in [6.45, 7) is 5.90. The molecule has 6 heteroatoms. The SMILES string of the molecule is CCCCCCC(C)(CCCCC)c1c(C(F)(F)F)nn(C)c1F. The van der Waals surface area contributed by atoms with E-state index in [2.05, 4.69) is 12.0 Å². The normalized spacial score (nSPS) is 14.8. The molecule has 0 aromatic carbocycles. The van der Waals surface area contributed by atoms with Crippen LogP contribution in [-0.2, 0) is 18.6 Å². The van der Waals surface area contributed by atoms with E-state index in [1.54, 1.807) is 6.92 Å². The van der Waals surface area contributed by atoms with E-state index in [1.807, 2.05) is 6.92 Å². The van der Waals surface area contributed by atoms with Crippen LogP contribution in [0.3, 0.4) is 0 Å². The van der Waals surface area contributed by atoms with E-state index in [0.717, 1.165) is 49.6 Å². The van der Waals surface area contributed by atoms with Gasteiger partial charge in [-0.1, -0.05) is 65.7 Å². The van der Waals surface area contributed by atoms with Crippen LogP contribution in [0.5, 0.6) is 0 Å². The lowest BCUT2D eigenvalue weighted by Gasteiger charge is -2.30. The molecular formula is C18H30F4N2. The van der Waals surface area contributed by atoms with Crippen molar-refractivity contribution in [2.75, 3.05) is 0 Å². The minimum absolute atomic E-state index is 0.245. The largest absolute Gasteiger partial charge is 0.435 e. The zero-order valence-electron chi connectivity index (χ0n) is 15.3. The van der Waals surface area contributed by atoms with Gasteiger partial charge in [-0.25, -0.2) is 4.68 Å². The fraction of sp³-hybridized carbons (Fsp3) is 0.833. The number of unbranched alkanes of at least 4 members (excludes halogenated alkanes) is 5. The van der Waals surface area contributed by atoms with Crippen molar-refractivity contribution in [1.82, 2.24) is 9.78 Å². The van der Waals surface area contributed by atoms with E-state index in [9.17, 15) is 17.6 Å². The van der Waals surface area contributed by atoms with Gasteiger partial charge in [0.05, 0.1) is 0 Å². The number of aromatic nitrogens is 2. The van der Waals surface area contributed by atoms with Crippen LogP contribution in [0.2, 0.25) is 0 Å². The molecular weight excluding hydrogens is 320 g/mol. The zero-order valence-corrected chi connectivity index (χ0v) is 15.3. The fourth-order valence-electron chi connectivity index (χ4n) is 3.32. The van der Waals surface area contributed by atoms with Crippen LogP contribution >= 0.6 is 0 Å². The fourth-order valence-corrected chi connectivity index (χ4v) is 3.32. The highest BCUT2D eigenvalue weighted by Gasteiger charge is 2.45. The van der Waals surface area contributed by atoms with Gasteiger partial charge in [0.2, 0.25) is 5.95 Å². The van der Waals surface area contributed by atoms with Crippen LogP contribution in [0, 0.1) is 5.95 Å². The maximum absolute atomic E-state index is 14.5. The molecule has 1 heterocycles. The number of rotatable bonds is 10. The molecule has 2 nitrogen and oxygen atoms in total. The lowest BCUT2D eigenvalue weighted by atomic mass is 9.74. The minimum Gasteiger partial charge on any atom is -0.242 e. The lowest BCUT2D eigenvalue weighted by Crippen LogP contribution is -2.27. The molecule has 1 atom stereocenters. The van der Waals surface area contributed by atoms with Gasteiger partial charge < -0.3 is 0 Å². The topological polar surface area (TPSA) is 17.8 Å². The summed E-state index contributed by atoms with van der Waals surface area (Å²) in [4.78, 5) is 0. The second-order valence-electron chi connectivity index (χ2n) is 6.96. The van der Waals surface area contributed by atoms with Crippen LogP contribution in [-0.4, -0.2) is 9.78 Å². The van der Waals surface area contributed by atoms with Crippen LogP contribution < -0.4 is 0 Å². The predicted octanol–water partition coefficient (Wildman–Crippen LogP) is 6.39. The van der Waals surface area contributed by atoms with Crippen molar-refractivity contribution < 1.29 is 17.6 Å². The van der Waals surface area contributed by atoms with Crippen LogP contribution in [0.15, 0.2) is 0 Å². The number of alkyl halides is 3. The number of hydrogen-bond donors (Lipinski definition) is 0. The smallest absolute Gasteiger partial charge is 0.242 e. The molecule has 0 bridgehead atoms. The average Bonchev–Trinajstić information content (AvgIpc) is 2.81. The molecule has 24 heavy (non-hydrogen) atoms. The van der Waals surface area contributed by atoms with Crippen LogP contribution in [0.25, 0.3) is 0 Å². The number of nitrogens with zero attached hydrogens (tertiary/aromatic N) is 2. The Hall–Kier alpha value is -1.07. The zero-order chi connectivity index (χ0) is 18.4. The molecule has 1 rings (SSSR count). The summed E-state index contributed by atoms with van der Waals surface area (Å²) < 4.78 is 55.3. The highest BCUT2D eigenvalue weighted by Crippen LogP contribution is 2.43. The van der Waals surface area contributed by atoms with E-state index in [0.29, 0.717) is 12.8 Å². The molecule has 0 aliphatic carbocycles. The molecule has 0 N–H and O–H groups in total. The summed E-state index contributed by atoms with van der Waals surface area (Å²) in [5, 5.41) is 3.44. The van der Waals surface area contributed by atoms with Crippen molar-refractivity contribution >= 4 is 0 Å². The maximum atomic E-state index is 14.5. The van der Waals surface area contributed by atoms with Gasteiger partial charge in [-0.15, -0.1) is 0 Å². The summed E-state index contributed by atoms with van der Waals surface area (Å²) in [5.74, 6) is -0.850. The lowest BCUT2D eigenvalue weighted by molar-refractivity contribution is -0.142. The molecule has 0 radical (unpaired) electrons. The van der Waals surface area contributed by atoms with E-state index in [4.69, 9.17) is 0 Å². The monoisotopic (exact) mass is 350 g/mol. The second-order valence-corrected chi connectivity index (χ2v) is 6.96. The third kappa shape index (κ3) is 5.21. The summed E-state index contributed by atoms with van der Waals surface area (Å²) in [6, 6.07) is 0. The van der Waals surface area contributed by atoms with E-state index < -0.39 is 23.2 Å². The molecule has 1 unspecified atom stereocenters. The average molecular weight is 350 g/mol. The molecule has 0 amide bonds. The molecule has 0 aliphatic rings. The Kier molecular flexibility index (Phi) is 7.74. The minimum atomic E-state index is -4.63. The Bertz CT molecular complexity index is 508. The first-order valence-corrected chi connectivity index (χ1v) is 8.97. The van der Waals surface area contributed by atoms with Crippen molar-refractivity contribution in [3.8, 4) is 0 Å². The van der Waals surface area contributed by atoms with Gasteiger partial charge >= 0.3 is 6.18 Å². The Morgan fingerprint density at radius 1 is 0.917 bits per heavy atom. The first-order valence-electron chi connectivity index (χ1n) is 8.97. The molecule has 0 saturated heterocycles. The number of hydrogen-bond acceptors (Lipinski definition) is 1. The Balaban J connectivity index is 3.17. The summed E-state index contributed by atoms with van der Waals surface area (Å²) in [7, 11) is 1.23. The summed E-state index contributed by atoms with van der Waals surface area (Å²) in [6.07, 6.45) is 3.07. The second kappa shape index (κ2) is 8.86. The van der Waals surface area contributed by atoms with Crippen molar-refractivity contribution in [2.24, 2.45) is 7.05 Å². The van der Waals surface area contributed by atoms with Gasteiger partial charge in [0, 0.05) is 12.6 Å². The molecule has 0 fully saturated rings. The molecule has 0 aliphatic heterocycles. The highest BCUT2D eigenvalue weighted by atomic mass is 19.4. The first-order chi connectivity index (χ1) is 11.2. The third-order valence-electron chi connectivity index (χ3n) is 4.76. The first kappa shape index (κ1) is 21.0. The van der Waals surface area contributed by atoms with Crippen molar-refractivity contribution in [1.29, 1.82) is 0 Å². The van der Waals surface area contributed by atoms with Gasteiger partial charge in [0.1, 0.15) is 0 Å². The van der Waals surface area contributed by atoms with Gasteiger partial charge in [-0.05, 0) is 18.3 Å². The number of aryl methyl sites for hydroxylation is 1. The molecule has 1 aromatic heterocycles. The van der Waals surface area contributed by atoms with E-state index >= 15 is 0 Å². The Labute approximate surface area is 142 Å². The molecule has 140 valence electrons. The van der Waals surface area contributed by atoms with E-state index in [-0.39, 0.29) is 5.56 Å². The molecule has 0 saturated carbocycles.